The normalized spacial score (nSPS) is 16.8. The first-order valence-corrected chi connectivity index (χ1v) is 10.7. The van der Waals surface area contributed by atoms with Gasteiger partial charge in [-0.2, -0.15) is 0 Å². The van der Waals surface area contributed by atoms with Crippen LogP contribution in [0.5, 0.6) is 0 Å². The predicted octanol–water partition coefficient (Wildman–Crippen LogP) is 2.85. The second-order valence-electron chi connectivity index (χ2n) is 8.35. The van der Waals surface area contributed by atoms with Crippen molar-refractivity contribution >= 4 is 21.7 Å². The van der Waals surface area contributed by atoms with Crippen LogP contribution in [0.1, 0.15) is 57.6 Å². The summed E-state index contributed by atoms with van der Waals surface area (Å²) >= 11 is 0. The number of esters is 1. The molecule has 0 unspecified atom stereocenters. The molecule has 0 spiro atoms. The Morgan fingerprint density at radius 1 is 1.15 bits per heavy atom. The summed E-state index contributed by atoms with van der Waals surface area (Å²) in [6.07, 6.45) is 1.69. The van der Waals surface area contributed by atoms with Gasteiger partial charge in [0.25, 0.3) is 5.91 Å². The van der Waals surface area contributed by atoms with E-state index in [-0.39, 0.29) is 17.7 Å². The number of amides is 1. The van der Waals surface area contributed by atoms with Crippen LogP contribution in [0.4, 0.5) is 0 Å². The van der Waals surface area contributed by atoms with Crippen LogP contribution in [0.3, 0.4) is 0 Å². The summed E-state index contributed by atoms with van der Waals surface area (Å²) in [6, 6.07) is 5.18. The molecule has 6 nitrogen and oxygen atoms in total. The first kappa shape index (κ1) is 21.4. The van der Waals surface area contributed by atoms with Crippen molar-refractivity contribution < 1.29 is 22.7 Å². The summed E-state index contributed by atoms with van der Waals surface area (Å²) in [5.41, 5.74) is 0.953. The van der Waals surface area contributed by atoms with Crippen molar-refractivity contribution in [1.29, 1.82) is 0 Å². The summed E-state index contributed by atoms with van der Waals surface area (Å²) in [6.45, 7) is 8.49. The fourth-order valence-electron chi connectivity index (χ4n) is 3.45. The standard InChI is InChI=1S/C20H29NO5S/c1-14-8-9-15(2)16(12-14)27(24,25)20(10-6-7-11-20)18(23)26-13-17(22)21-19(3,4)5/h8-9,12H,6-7,10-11,13H2,1-5H3,(H,21,22). The second-order valence-corrected chi connectivity index (χ2v) is 10.6. The molecule has 1 fully saturated rings. The van der Waals surface area contributed by atoms with Gasteiger partial charge in [-0.05, 0) is 64.7 Å². The summed E-state index contributed by atoms with van der Waals surface area (Å²) in [5, 5.41) is 2.70. The molecule has 1 N–H and O–H groups in total. The molecule has 0 aliphatic heterocycles. The van der Waals surface area contributed by atoms with Gasteiger partial charge >= 0.3 is 5.97 Å². The molecule has 27 heavy (non-hydrogen) atoms. The molecule has 150 valence electrons. The summed E-state index contributed by atoms with van der Waals surface area (Å²) < 4.78 is 30.5. The lowest BCUT2D eigenvalue weighted by molar-refractivity contribution is -0.151. The molecular weight excluding hydrogens is 366 g/mol. The molecule has 1 amide bonds. The van der Waals surface area contributed by atoms with Crippen LogP contribution < -0.4 is 5.32 Å². The largest absolute Gasteiger partial charge is 0.454 e. The van der Waals surface area contributed by atoms with Gasteiger partial charge in [-0.1, -0.05) is 25.0 Å². The van der Waals surface area contributed by atoms with Gasteiger partial charge < -0.3 is 10.1 Å². The average Bonchev–Trinajstić information content (AvgIpc) is 3.04. The van der Waals surface area contributed by atoms with Crippen molar-refractivity contribution in [3.63, 3.8) is 0 Å². The van der Waals surface area contributed by atoms with Crippen molar-refractivity contribution in [2.24, 2.45) is 0 Å². The number of hydrogen-bond donors (Lipinski definition) is 1. The molecule has 0 heterocycles. The maximum absolute atomic E-state index is 13.4. The van der Waals surface area contributed by atoms with Gasteiger partial charge in [0.05, 0.1) is 4.90 Å². The lowest BCUT2D eigenvalue weighted by Gasteiger charge is -2.28. The van der Waals surface area contributed by atoms with Crippen LogP contribution in [-0.4, -0.2) is 37.2 Å². The number of ether oxygens (including phenoxy) is 1. The van der Waals surface area contributed by atoms with E-state index in [1.165, 1.54) is 0 Å². The minimum absolute atomic E-state index is 0.167. The Morgan fingerprint density at radius 3 is 2.30 bits per heavy atom. The van der Waals surface area contributed by atoms with E-state index in [1.807, 2.05) is 33.8 Å². The SMILES string of the molecule is Cc1ccc(C)c(S(=O)(=O)C2(C(=O)OCC(=O)NC(C)(C)C)CCCC2)c1. The van der Waals surface area contributed by atoms with Gasteiger partial charge in [-0.3, -0.25) is 9.59 Å². The Kier molecular flexibility index (Phi) is 6.04. The van der Waals surface area contributed by atoms with Crippen molar-refractivity contribution in [1.82, 2.24) is 5.32 Å². The predicted molar refractivity (Wildman–Crippen MR) is 103 cm³/mol. The lowest BCUT2D eigenvalue weighted by Crippen LogP contribution is -2.48. The third-order valence-corrected chi connectivity index (χ3v) is 7.40. The fraction of sp³-hybridized carbons (Fsp3) is 0.600. The highest BCUT2D eigenvalue weighted by atomic mass is 32.2. The van der Waals surface area contributed by atoms with E-state index >= 15 is 0 Å². The first-order valence-electron chi connectivity index (χ1n) is 9.19. The molecule has 0 saturated heterocycles. The molecule has 0 atom stereocenters. The molecule has 1 aromatic carbocycles. The Morgan fingerprint density at radius 2 is 1.74 bits per heavy atom. The number of nitrogens with one attached hydrogen (secondary N) is 1. The smallest absolute Gasteiger partial charge is 0.328 e. The number of carbonyl (C=O) groups is 2. The van der Waals surface area contributed by atoms with Crippen LogP contribution in [0, 0.1) is 13.8 Å². The summed E-state index contributed by atoms with van der Waals surface area (Å²) in [4.78, 5) is 25.0. The zero-order valence-corrected chi connectivity index (χ0v) is 17.5. The van der Waals surface area contributed by atoms with Gasteiger partial charge in [-0.15, -0.1) is 0 Å². The van der Waals surface area contributed by atoms with Gasteiger partial charge in [0.2, 0.25) is 0 Å². The highest BCUT2D eigenvalue weighted by Gasteiger charge is 2.54. The molecule has 1 aliphatic rings. The highest BCUT2D eigenvalue weighted by Crippen LogP contribution is 2.42. The Hall–Kier alpha value is -1.89. The number of aryl methyl sites for hydroxylation is 2. The van der Waals surface area contributed by atoms with E-state index in [1.54, 1.807) is 19.1 Å². The van der Waals surface area contributed by atoms with Gasteiger partial charge in [0.15, 0.2) is 21.2 Å². The van der Waals surface area contributed by atoms with Crippen molar-refractivity contribution in [2.75, 3.05) is 6.61 Å². The summed E-state index contributed by atoms with van der Waals surface area (Å²) in [5.74, 6) is -1.28. The highest BCUT2D eigenvalue weighted by molar-refractivity contribution is 7.93. The molecular formula is C20H29NO5S. The van der Waals surface area contributed by atoms with Crippen LogP contribution in [0.25, 0.3) is 0 Å². The van der Waals surface area contributed by atoms with E-state index in [0.717, 1.165) is 5.56 Å². The molecule has 0 bridgehead atoms. The number of hydrogen-bond acceptors (Lipinski definition) is 5. The molecule has 1 aromatic rings. The summed E-state index contributed by atoms with van der Waals surface area (Å²) in [7, 11) is -3.94. The topological polar surface area (TPSA) is 89.5 Å². The van der Waals surface area contributed by atoms with Crippen molar-refractivity contribution in [3.8, 4) is 0 Å². The van der Waals surface area contributed by atoms with E-state index in [0.29, 0.717) is 18.4 Å². The van der Waals surface area contributed by atoms with E-state index in [2.05, 4.69) is 5.32 Å². The van der Waals surface area contributed by atoms with Gasteiger partial charge in [-0.25, -0.2) is 8.42 Å². The van der Waals surface area contributed by atoms with E-state index < -0.39 is 38.6 Å². The number of benzene rings is 1. The Bertz CT molecular complexity index is 830. The number of carbonyl (C=O) groups excluding carboxylic acids is 2. The van der Waals surface area contributed by atoms with Gasteiger partial charge in [0.1, 0.15) is 0 Å². The lowest BCUT2D eigenvalue weighted by atomic mass is 10.1. The first-order chi connectivity index (χ1) is 12.4. The molecule has 2 rings (SSSR count). The van der Waals surface area contributed by atoms with E-state index in [4.69, 9.17) is 4.74 Å². The zero-order chi connectivity index (χ0) is 20.5. The van der Waals surface area contributed by atoms with Gasteiger partial charge in [0, 0.05) is 5.54 Å². The Labute approximate surface area is 161 Å². The third kappa shape index (κ3) is 4.51. The fourth-order valence-corrected chi connectivity index (χ4v) is 5.81. The van der Waals surface area contributed by atoms with Crippen molar-refractivity contribution in [2.45, 2.75) is 75.5 Å². The monoisotopic (exact) mass is 395 g/mol. The third-order valence-electron chi connectivity index (χ3n) is 4.78. The van der Waals surface area contributed by atoms with Crippen LogP contribution in [0.15, 0.2) is 23.1 Å². The number of rotatable bonds is 5. The molecule has 1 aliphatic carbocycles. The molecule has 7 heteroatoms. The Balaban J connectivity index is 2.30. The maximum Gasteiger partial charge on any atom is 0.328 e. The molecule has 1 saturated carbocycles. The van der Waals surface area contributed by atoms with Crippen LogP contribution >= 0.6 is 0 Å². The molecule has 0 aromatic heterocycles. The average molecular weight is 396 g/mol. The zero-order valence-electron chi connectivity index (χ0n) is 16.7. The molecule has 0 radical (unpaired) electrons. The quantitative estimate of drug-likeness (QED) is 0.775. The van der Waals surface area contributed by atoms with E-state index in [9.17, 15) is 18.0 Å². The van der Waals surface area contributed by atoms with Crippen LogP contribution in [0.2, 0.25) is 0 Å². The minimum Gasteiger partial charge on any atom is -0.454 e. The van der Waals surface area contributed by atoms with Crippen molar-refractivity contribution in [3.05, 3.63) is 29.3 Å². The van der Waals surface area contributed by atoms with Crippen LogP contribution in [-0.2, 0) is 24.2 Å². The minimum atomic E-state index is -3.94. The second kappa shape index (κ2) is 7.62. The maximum atomic E-state index is 13.4. The number of sulfone groups is 1.